The van der Waals surface area contributed by atoms with E-state index in [0.717, 1.165) is 17.8 Å². The van der Waals surface area contributed by atoms with Crippen molar-refractivity contribution in [2.24, 2.45) is 17.8 Å². The smallest absolute Gasteiger partial charge is 0.0474 e. The molecule has 0 aliphatic heterocycles. The Morgan fingerprint density at radius 2 is 1.39 bits per heavy atom. The average Bonchev–Trinajstić information content (AvgIpc) is 2.37. The molecule has 0 spiro atoms. The molecule has 1 aromatic carbocycles. The van der Waals surface area contributed by atoms with Crippen LogP contribution < -0.4 is 0 Å². The van der Waals surface area contributed by atoms with Crippen molar-refractivity contribution in [3.05, 3.63) is 35.4 Å². The first-order chi connectivity index (χ1) is 8.77. The fraction of sp³-hybridized carbons (Fsp3) is 0.647. The van der Waals surface area contributed by atoms with Crippen molar-refractivity contribution in [2.75, 3.05) is 0 Å². The SMILES string of the molecule is ClCc1ccc(C23CC4CC(CC(C4)C2)C3)cc1. The van der Waals surface area contributed by atoms with Crippen LogP contribution in [0.15, 0.2) is 24.3 Å². The molecule has 96 valence electrons. The molecule has 0 radical (unpaired) electrons. The summed E-state index contributed by atoms with van der Waals surface area (Å²) in [7, 11) is 0. The van der Waals surface area contributed by atoms with Gasteiger partial charge in [0, 0.05) is 5.88 Å². The topological polar surface area (TPSA) is 0 Å². The average molecular weight is 261 g/mol. The molecular formula is C17H21Cl. The minimum atomic E-state index is 0.541. The molecule has 1 heteroatoms. The Bertz CT molecular complexity index is 410. The van der Waals surface area contributed by atoms with Crippen molar-refractivity contribution in [2.45, 2.75) is 49.8 Å². The lowest BCUT2D eigenvalue weighted by Crippen LogP contribution is -2.48. The lowest BCUT2D eigenvalue weighted by Gasteiger charge is -2.57. The number of hydrogen-bond donors (Lipinski definition) is 0. The first-order valence-electron chi connectivity index (χ1n) is 7.43. The summed E-state index contributed by atoms with van der Waals surface area (Å²) in [5, 5.41) is 0. The van der Waals surface area contributed by atoms with Crippen LogP contribution >= 0.6 is 11.6 Å². The van der Waals surface area contributed by atoms with Crippen LogP contribution in [0.5, 0.6) is 0 Å². The van der Waals surface area contributed by atoms with Crippen molar-refractivity contribution < 1.29 is 0 Å². The molecule has 18 heavy (non-hydrogen) atoms. The molecule has 5 rings (SSSR count). The van der Waals surface area contributed by atoms with E-state index < -0.39 is 0 Å². The summed E-state index contributed by atoms with van der Waals surface area (Å²) in [6.07, 6.45) is 8.95. The van der Waals surface area contributed by atoms with Gasteiger partial charge in [-0.15, -0.1) is 11.6 Å². The van der Waals surface area contributed by atoms with E-state index >= 15 is 0 Å². The second-order valence-electron chi connectivity index (χ2n) is 7.03. The van der Waals surface area contributed by atoms with Crippen molar-refractivity contribution in [1.29, 1.82) is 0 Å². The van der Waals surface area contributed by atoms with Gasteiger partial charge in [0.15, 0.2) is 0 Å². The summed E-state index contributed by atoms with van der Waals surface area (Å²) >= 11 is 5.90. The third-order valence-electron chi connectivity index (χ3n) is 5.76. The quantitative estimate of drug-likeness (QED) is 0.664. The molecule has 4 bridgehead atoms. The van der Waals surface area contributed by atoms with Gasteiger partial charge in [-0.1, -0.05) is 24.3 Å². The fourth-order valence-corrected chi connectivity index (χ4v) is 5.59. The highest BCUT2D eigenvalue weighted by Gasteiger charge is 2.51. The summed E-state index contributed by atoms with van der Waals surface area (Å²) in [4.78, 5) is 0. The zero-order valence-corrected chi connectivity index (χ0v) is 11.6. The number of hydrogen-bond acceptors (Lipinski definition) is 0. The van der Waals surface area contributed by atoms with Gasteiger partial charge in [0.05, 0.1) is 0 Å². The molecular weight excluding hydrogens is 240 g/mol. The highest BCUT2D eigenvalue weighted by molar-refractivity contribution is 6.17. The van der Waals surface area contributed by atoms with Crippen LogP contribution in [-0.2, 0) is 11.3 Å². The van der Waals surface area contributed by atoms with Crippen molar-refractivity contribution in [3.8, 4) is 0 Å². The number of rotatable bonds is 2. The number of benzene rings is 1. The molecule has 0 saturated heterocycles. The zero-order valence-electron chi connectivity index (χ0n) is 10.9. The second kappa shape index (κ2) is 4.00. The molecule has 4 saturated carbocycles. The predicted molar refractivity (Wildman–Crippen MR) is 75.8 cm³/mol. The van der Waals surface area contributed by atoms with Gasteiger partial charge in [-0.3, -0.25) is 0 Å². The van der Waals surface area contributed by atoms with E-state index in [4.69, 9.17) is 11.6 Å². The van der Waals surface area contributed by atoms with Crippen LogP contribution in [0.25, 0.3) is 0 Å². The van der Waals surface area contributed by atoms with E-state index in [1.165, 1.54) is 44.1 Å². The maximum Gasteiger partial charge on any atom is 0.0474 e. The molecule has 4 aliphatic carbocycles. The largest absolute Gasteiger partial charge is 0.122 e. The molecule has 0 amide bonds. The highest BCUT2D eigenvalue weighted by atomic mass is 35.5. The zero-order chi connectivity index (χ0) is 12.2. The van der Waals surface area contributed by atoms with Gasteiger partial charge >= 0.3 is 0 Å². The van der Waals surface area contributed by atoms with E-state index in [1.807, 2.05) is 0 Å². The first-order valence-corrected chi connectivity index (χ1v) is 7.96. The van der Waals surface area contributed by atoms with E-state index in [0.29, 0.717) is 11.3 Å². The van der Waals surface area contributed by atoms with Crippen molar-refractivity contribution >= 4 is 11.6 Å². The Hall–Kier alpha value is -0.490. The van der Waals surface area contributed by atoms with E-state index in [9.17, 15) is 0 Å². The standard InChI is InChI=1S/C17H21Cl/c18-11-12-1-3-16(4-2-12)17-8-13-5-14(9-17)7-15(6-13)10-17/h1-4,13-15H,5-11H2. The molecule has 4 fully saturated rings. The normalized spacial score (nSPS) is 41.3. The van der Waals surface area contributed by atoms with E-state index in [1.54, 1.807) is 5.56 Å². The summed E-state index contributed by atoms with van der Waals surface area (Å²) in [6, 6.07) is 9.21. The van der Waals surface area contributed by atoms with Gasteiger partial charge in [0.25, 0.3) is 0 Å². The van der Waals surface area contributed by atoms with Gasteiger partial charge in [-0.2, -0.15) is 0 Å². The lowest BCUT2D eigenvalue weighted by atomic mass is 9.48. The summed E-state index contributed by atoms with van der Waals surface area (Å²) < 4.78 is 0. The number of halogens is 1. The first kappa shape index (κ1) is 11.3. The molecule has 0 aromatic heterocycles. The molecule has 4 aliphatic rings. The maximum absolute atomic E-state index is 5.90. The minimum absolute atomic E-state index is 0.541. The monoisotopic (exact) mass is 260 g/mol. The van der Waals surface area contributed by atoms with Gasteiger partial charge in [-0.05, 0) is 72.8 Å². The van der Waals surface area contributed by atoms with Gasteiger partial charge in [0.2, 0.25) is 0 Å². The van der Waals surface area contributed by atoms with Gasteiger partial charge in [0.1, 0.15) is 0 Å². The Kier molecular flexibility index (Phi) is 2.52. The van der Waals surface area contributed by atoms with Crippen molar-refractivity contribution in [3.63, 3.8) is 0 Å². The predicted octanol–water partition coefficient (Wildman–Crippen LogP) is 4.89. The minimum Gasteiger partial charge on any atom is -0.122 e. The second-order valence-corrected chi connectivity index (χ2v) is 7.30. The van der Waals surface area contributed by atoms with Crippen LogP contribution in [0.1, 0.15) is 49.7 Å². The van der Waals surface area contributed by atoms with Gasteiger partial charge < -0.3 is 0 Å². The Labute approximate surface area is 115 Å². The van der Waals surface area contributed by atoms with Crippen LogP contribution in [0.3, 0.4) is 0 Å². The molecule has 0 N–H and O–H groups in total. The van der Waals surface area contributed by atoms with Crippen molar-refractivity contribution in [1.82, 2.24) is 0 Å². The van der Waals surface area contributed by atoms with Crippen LogP contribution in [0.2, 0.25) is 0 Å². The van der Waals surface area contributed by atoms with Gasteiger partial charge in [-0.25, -0.2) is 0 Å². The molecule has 0 nitrogen and oxygen atoms in total. The van der Waals surface area contributed by atoms with Crippen LogP contribution in [-0.4, -0.2) is 0 Å². The Morgan fingerprint density at radius 3 is 1.83 bits per heavy atom. The van der Waals surface area contributed by atoms with E-state index in [2.05, 4.69) is 24.3 Å². The molecule has 0 heterocycles. The highest BCUT2D eigenvalue weighted by Crippen LogP contribution is 2.60. The lowest BCUT2D eigenvalue weighted by molar-refractivity contribution is -0.00519. The third kappa shape index (κ3) is 1.65. The Morgan fingerprint density at radius 1 is 0.889 bits per heavy atom. The summed E-state index contributed by atoms with van der Waals surface area (Å²) in [5.74, 6) is 3.73. The summed E-state index contributed by atoms with van der Waals surface area (Å²) in [5.41, 5.74) is 3.40. The Balaban J connectivity index is 1.70. The number of alkyl halides is 1. The van der Waals surface area contributed by atoms with Crippen LogP contribution in [0, 0.1) is 17.8 Å². The molecule has 0 unspecified atom stereocenters. The third-order valence-corrected chi connectivity index (χ3v) is 6.07. The fourth-order valence-electron chi connectivity index (χ4n) is 5.41. The van der Waals surface area contributed by atoms with E-state index in [-0.39, 0.29) is 0 Å². The molecule has 0 atom stereocenters. The van der Waals surface area contributed by atoms with Crippen LogP contribution in [0.4, 0.5) is 0 Å². The molecule has 1 aromatic rings. The maximum atomic E-state index is 5.90. The summed E-state index contributed by atoms with van der Waals surface area (Å²) in [6.45, 7) is 0.